The average molecular weight is 473 g/mol. The van der Waals surface area contributed by atoms with E-state index in [0.717, 1.165) is 37.5 Å². The first kappa shape index (κ1) is 21.7. The molecule has 1 aromatic carbocycles. The fourth-order valence-electron chi connectivity index (χ4n) is 2.64. The van der Waals surface area contributed by atoms with Gasteiger partial charge in [-0.25, -0.2) is 4.98 Å². The van der Waals surface area contributed by atoms with Gasteiger partial charge in [0.05, 0.1) is 0 Å². The lowest BCUT2D eigenvalue weighted by molar-refractivity contribution is 0.782. The van der Waals surface area contributed by atoms with E-state index in [9.17, 15) is 0 Å². The van der Waals surface area contributed by atoms with Crippen molar-refractivity contribution in [1.82, 2.24) is 15.6 Å². The van der Waals surface area contributed by atoms with Gasteiger partial charge in [0.25, 0.3) is 0 Å². The van der Waals surface area contributed by atoms with Crippen molar-refractivity contribution in [1.29, 1.82) is 0 Å². The highest BCUT2D eigenvalue weighted by molar-refractivity contribution is 14.0. The van der Waals surface area contributed by atoms with E-state index < -0.39 is 0 Å². The minimum atomic E-state index is 0. The molecule has 0 atom stereocenters. The Hall–Kier alpha value is -1.34. The highest BCUT2D eigenvalue weighted by atomic mass is 127. The molecule has 0 fully saturated rings. The van der Waals surface area contributed by atoms with Gasteiger partial charge in [0.1, 0.15) is 5.15 Å². The SMILES string of the molecule is CN=C(NCCc1ccc(Cl)nc1)NCCc1cc(C)cc(C)c1.I. The van der Waals surface area contributed by atoms with E-state index in [1.807, 2.05) is 12.1 Å². The van der Waals surface area contributed by atoms with Gasteiger partial charge in [0, 0.05) is 26.3 Å². The molecule has 6 heteroatoms. The van der Waals surface area contributed by atoms with Crippen LogP contribution in [0, 0.1) is 13.8 Å². The van der Waals surface area contributed by atoms with Gasteiger partial charge in [-0.3, -0.25) is 4.99 Å². The molecule has 2 rings (SSSR count). The number of pyridine rings is 1. The van der Waals surface area contributed by atoms with Gasteiger partial charge in [0.2, 0.25) is 0 Å². The zero-order chi connectivity index (χ0) is 17.4. The average Bonchev–Trinajstić information content (AvgIpc) is 2.54. The number of nitrogens with zero attached hydrogens (tertiary/aromatic N) is 2. The summed E-state index contributed by atoms with van der Waals surface area (Å²) >= 11 is 5.79. The Labute approximate surface area is 172 Å². The Bertz CT molecular complexity index is 666. The normalized spacial score (nSPS) is 11.0. The van der Waals surface area contributed by atoms with Crippen molar-refractivity contribution in [3.63, 3.8) is 0 Å². The van der Waals surface area contributed by atoms with Gasteiger partial charge in [-0.1, -0.05) is 47.0 Å². The van der Waals surface area contributed by atoms with Crippen LogP contribution in [0.1, 0.15) is 22.3 Å². The fraction of sp³-hybridized carbons (Fsp3) is 0.368. The molecule has 1 aromatic heterocycles. The third kappa shape index (κ3) is 8.05. The van der Waals surface area contributed by atoms with Crippen molar-refractivity contribution in [3.05, 3.63) is 63.9 Å². The van der Waals surface area contributed by atoms with Crippen LogP contribution in [-0.4, -0.2) is 31.1 Å². The summed E-state index contributed by atoms with van der Waals surface area (Å²) in [5, 5.41) is 7.20. The van der Waals surface area contributed by atoms with Gasteiger partial charge in [-0.2, -0.15) is 0 Å². The Morgan fingerprint density at radius 1 is 1.00 bits per heavy atom. The lowest BCUT2D eigenvalue weighted by Crippen LogP contribution is -2.39. The van der Waals surface area contributed by atoms with Crippen LogP contribution >= 0.6 is 35.6 Å². The summed E-state index contributed by atoms with van der Waals surface area (Å²) in [5.74, 6) is 0.821. The molecule has 0 amide bonds. The summed E-state index contributed by atoms with van der Waals surface area (Å²) in [4.78, 5) is 8.34. The van der Waals surface area contributed by atoms with Crippen molar-refractivity contribution in [2.24, 2.45) is 4.99 Å². The van der Waals surface area contributed by atoms with E-state index in [-0.39, 0.29) is 24.0 Å². The van der Waals surface area contributed by atoms with E-state index in [1.54, 1.807) is 13.2 Å². The number of aromatic nitrogens is 1. The molecule has 0 radical (unpaired) electrons. The van der Waals surface area contributed by atoms with Crippen molar-refractivity contribution >= 4 is 41.5 Å². The quantitative estimate of drug-likeness (QED) is 0.290. The first-order valence-electron chi connectivity index (χ1n) is 8.19. The van der Waals surface area contributed by atoms with Crippen LogP contribution in [0.25, 0.3) is 0 Å². The molecule has 25 heavy (non-hydrogen) atoms. The topological polar surface area (TPSA) is 49.3 Å². The smallest absolute Gasteiger partial charge is 0.190 e. The van der Waals surface area contributed by atoms with Gasteiger partial charge < -0.3 is 10.6 Å². The molecule has 0 spiro atoms. The maximum Gasteiger partial charge on any atom is 0.190 e. The molecule has 0 aliphatic rings. The van der Waals surface area contributed by atoms with Gasteiger partial charge in [0.15, 0.2) is 5.96 Å². The summed E-state index contributed by atoms with van der Waals surface area (Å²) in [6.07, 6.45) is 3.66. The number of benzene rings is 1. The molecule has 0 unspecified atom stereocenters. The number of hydrogen-bond acceptors (Lipinski definition) is 2. The Morgan fingerprint density at radius 2 is 1.60 bits per heavy atom. The predicted octanol–water partition coefficient (Wildman–Crippen LogP) is 3.92. The van der Waals surface area contributed by atoms with E-state index in [0.29, 0.717) is 5.15 Å². The second-order valence-corrected chi connectivity index (χ2v) is 6.30. The third-order valence-corrected chi connectivity index (χ3v) is 3.93. The lowest BCUT2D eigenvalue weighted by atomic mass is 10.1. The number of hydrogen-bond donors (Lipinski definition) is 2. The van der Waals surface area contributed by atoms with Crippen LogP contribution < -0.4 is 10.6 Å². The summed E-state index contributed by atoms with van der Waals surface area (Å²) in [7, 11) is 1.79. The van der Waals surface area contributed by atoms with E-state index >= 15 is 0 Å². The monoisotopic (exact) mass is 472 g/mol. The van der Waals surface area contributed by atoms with Crippen molar-refractivity contribution < 1.29 is 0 Å². The zero-order valence-corrected chi connectivity index (χ0v) is 18.1. The van der Waals surface area contributed by atoms with Crippen LogP contribution in [0.3, 0.4) is 0 Å². The first-order chi connectivity index (χ1) is 11.6. The van der Waals surface area contributed by atoms with E-state index in [1.165, 1.54) is 16.7 Å². The highest BCUT2D eigenvalue weighted by Gasteiger charge is 2.00. The third-order valence-electron chi connectivity index (χ3n) is 3.71. The molecule has 0 aliphatic heterocycles. The molecule has 0 saturated carbocycles. The molecular weight excluding hydrogens is 447 g/mol. The minimum Gasteiger partial charge on any atom is -0.356 e. The number of halogens is 2. The van der Waals surface area contributed by atoms with Gasteiger partial charge in [-0.15, -0.1) is 24.0 Å². The van der Waals surface area contributed by atoms with Gasteiger partial charge in [-0.05, 0) is 43.9 Å². The Kier molecular flexibility index (Phi) is 9.82. The van der Waals surface area contributed by atoms with Crippen LogP contribution in [0.2, 0.25) is 5.15 Å². The van der Waals surface area contributed by atoms with E-state index in [2.05, 4.69) is 52.7 Å². The maximum absolute atomic E-state index is 5.79. The number of rotatable bonds is 6. The minimum absolute atomic E-state index is 0. The Morgan fingerprint density at radius 3 is 2.12 bits per heavy atom. The lowest BCUT2D eigenvalue weighted by Gasteiger charge is -2.12. The molecule has 136 valence electrons. The first-order valence-corrected chi connectivity index (χ1v) is 8.57. The van der Waals surface area contributed by atoms with Crippen molar-refractivity contribution in [3.8, 4) is 0 Å². The summed E-state index contributed by atoms with van der Waals surface area (Å²) in [6, 6.07) is 10.5. The second kappa shape index (κ2) is 11.3. The number of aryl methyl sites for hydroxylation is 2. The molecule has 0 aliphatic carbocycles. The maximum atomic E-state index is 5.79. The Balaban J connectivity index is 0.00000312. The van der Waals surface area contributed by atoms with Crippen LogP contribution in [0.4, 0.5) is 0 Å². The fourth-order valence-corrected chi connectivity index (χ4v) is 2.75. The van der Waals surface area contributed by atoms with Gasteiger partial charge >= 0.3 is 0 Å². The summed E-state index contributed by atoms with van der Waals surface area (Å²) in [5.41, 5.74) is 5.12. The molecule has 2 N–H and O–H groups in total. The van der Waals surface area contributed by atoms with Crippen LogP contribution in [-0.2, 0) is 12.8 Å². The van der Waals surface area contributed by atoms with Crippen LogP contribution in [0.5, 0.6) is 0 Å². The number of nitrogens with one attached hydrogen (secondary N) is 2. The summed E-state index contributed by atoms with van der Waals surface area (Å²) in [6.45, 7) is 5.92. The predicted molar refractivity (Wildman–Crippen MR) is 117 cm³/mol. The molecule has 0 bridgehead atoms. The largest absolute Gasteiger partial charge is 0.356 e. The van der Waals surface area contributed by atoms with Crippen molar-refractivity contribution in [2.45, 2.75) is 26.7 Å². The standard InChI is InChI=1S/C19H25ClN4.HI/c1-14-10-15(2)12-17(11-14)7-9-23-19(21-3)22-8-6-16-4-5-18(20)24-13-16;/h4-5,10-13H,6-9H2,1-3H3,(H2,21,22,23);1H. The summed E-state index contributed by atoms with van der Waals surface area (Å²) < 4.78 is 0. The van der Waals surface area contributed by atoms with Crippen LogP contribution in [0.15, 0.2) is 41.5 Å². The number of aliphatic imine (C=N–C) groups is 1. The highest BCUT2D eigenvalue weighted by Crippen LogP contribution is 2.09. The second-order valence-electron chi connectivity index (χ2n) is 5.91. The molecule has 2 aromatic rings. The molecule has 1 heterocycles. The number of guanidine groups is 1. The molecular formula is C19H26ClIN4. The zero-order valence-electron chi connectivity index (χ0n) is 15.0. The molecule has 0 saturated heterocycles. The van der Waals surface area contributed by atoms with E-state index in [4.69, 9.17) is 11.6 Å². The van der Waals surface area contributed by atoms with Crippen molar-refractivity contribution in [2.75, 3.05) is 20.1 Å². The molecule has 4 nitrogen and oxygen atoms in total.